The van der Waals surface area contributed by atoms with Gasteiger partial charge in [0.25, 0.3) is 0 Å². The summed E-state index contributed by atoms with van der Waals surface area (Å²) < 4.78 is 14.0. The molecule has 1 aliphatic rings. The fourth-order valence-electron chi connectivity index (χ4n) is 3.07. The molecule has 2 rings (SSSR count). The molecule has 0 amide bonds. The van der Waals surface area contributed by atoms with Crippen molar-refractivity contribution in [2.45, 2.75) is 57.5 Å². The monoisotopic (exact) mass is 328 g/mol. The van der Waals surface area contributed by atoms with Crippen LogP contribution < -0.4 is 0 Å². The average molecular weight is 329 g/mol. The summed E-state index contributed by atoms with van der Waals surface area (Å²) in [5, 5.41) is 10.2. The zero-order valence-corrected chi connectivity index (χ0v) is 12.8. The first-order chi connectivity index (χ1) is 9.13. The van der Waals surface area contributed by atoms with Crippen molar-refractivity contribution in [3.05, 3.63) is 34.1 Å². The molecule has 106 valence electrons. The lowest BCUT2D eigenvalue weighted by Crippen LogP contribution is -2.16. The molecule has 1 atom stereocenters. The van der Waals surface area contributed by atoms with Crippen LogP contribution in [-0.2, 0) is 6.42 Å². The standard InChI is InChI=1S/C16H22BrFO/c17-14-7-13(8-15(18)11-14)10-16(19)9-12-5-3-1-2-4-6-12/h7-8,11-12,16,19H,1-6,9-10H2. The molecular formula is C16H22BrFO. The molecule has 19 heavy (non-hydrogen) atoms. The largest absolute Gasteiger partial charge is 0.393 e. The summed E-state index contributed by atoms with van der Waals surface area (Å²) in [5.41, 5.74) is 0.869. The Morgan fingerprint density at radius 1 is 1.16 bits per heavy atom. The van der Waals surface area contributed by atoms with E-state index in [1.165, 1.54) is 50.7 Å². The maximum atomic E-state index is 13.3. The van der Waals surface area contributed by atoms with Gasteiger partial charge in [-0.25, -0.2) is 4.39 Å². The van der Waals surface area contributed by atoms with Crippen molar-refractivity contribution in [2.75, 3.05) is 0 Å². The topological polar surface area (TPSA) is 20.2 Å². The van der Waals surface area contributed by atoms with E-state index in [4.69, 9.17) is 0 Å². The van der Waals surface area contributed by atoms with Crippen molar-refractivity contribution in [1.82, 2.24) is 0 Å². The van der Waals surface area contributed by atoms with E-state index in [1.54, 1.807) is 0 Å². The highest BCUT2D eigenvalue weighted by atomic mass is 79.9. The highest BCUT2D eigenvalue weighted by Gasteiger charge is 2.17. The number of benzene rings is 1. The first-order valence-corrected chi connectivity index (χ1v) is 8.06. The van der Waals surface area contributed by atoms with Crippen molar-refractivity contribution in [2.24, 2.45) is 5.92 Å². The highest BCUT2D eigenvalue weighted by molar-refractivity contribution is 9.10. The van der Waals surface area contributed by atoms with Gasteiger partial charge in [0.2, 0.25) is 0 Å². The first-order valence-electron chi connectivity index (χ1n) is 7.26. The maximum absolute atomic E-state index is 13.3. The molecule has 1 fully saturated rings. The van der Waals surface area contributed by atoms with Crippen LogP contribution >= 0.6 is 15.9 Å². The minimum atomic E-state index is -0.350. The fourth-order valence-corrected chi connectivity index (χ4v) is 3.58. The smallest absolute Gasteiger partial charge is 0.124 e. The molecule has 1 aromatic rings. The molecule has 0 radical (unpaired) electrons. The van der Waals surface area contributed by atoms with Gasteiger partial charge in [-0.15, -0.1) is 0 Å². The van der Waals surface area contributed by atoms with E-state index in [1.807, 2.05) is 6.07 Å². The summed E-state index contributed by atoms with van der Waals surface area (Å²) in [6.45, 7) is 0. The number of hydrogen-bond donors (Lipinski definition) is 1. The average Bonchev–Trinajstić information content (AvgIpc) is 2.55. The number of aliphatic hydroxyl groups is 1. The third-order valence-corrected chi connectivity index (χ3v) is 4.43. The zero-order valence-electron chi connectivity index (χ0n) is 11.2. The SMILES string of the molecule is OC(Cc1cc(F)cc(Br)c1)CC1CCCCCC1. The van der Waals surface area contributed by atoms with E-state index in [0.717, 1.165) is 16.5 Å². The van der Waals surface area contributed by atoms with Gasteiger partial charge >= 0.3 is 0 Å². The molecule has 3 heteroatoms. The Kier molecular flexibility index (Phi) is 5.83. The molecule has 0 heterocycles. The zero-order chi connectivity index (χ0) is 13.7. The van der Waals surface area contributed by atoms with Gasteiger partial charge in [-0.1, -0.05) is 54.5 Å². The molecule has 1 aromatic carbocycles. The summed E-state index contributed by atoms with van der Waals surface area (Å²) in [6.07, 6.45) is 8.80. The summed E-state index contributed by atoms with van der Waals surface area (Å²) in [7, 11) is 0. The van der Waals surface area contributed by atoms with Crippen LogP contribution in [0.25, 0.3) is 0 Å². The maximum Gasteiger partial charge on any atom is 0.124 e. The molecule has 0 spiro atoms. The van der Waals surface area contributed by atoms with Gasteiger partial charge in [0.05, 0.1) is 6.10 Å². The van der Waals surface area contributed by atoms with Crippen molar-refractivity contribution in [3.63, 3.8) is 0 Å². The molecule has 0 saturated heterocycles. The second-order valence-electron chi connectivity index (χ2n) is 5.73. The molecule has 1 saturated carbocycles. The molecule has 1 unspecified atom stereocenters. The van der Waals surface area contributed by atoms with Crippen LogP contribution in [0.4, 0.5) is 4.39 Å². The van der Waals surface area contributed by atoms with Crippen LogP contribution in [0.1, 0.15) is 50.5 Å². The number of aliphatic hydroxyl groups excluding tert-OH is 1. The van der Waals surface area contributed by atoms with Crippen molar-refractivity contribution < 1.29 is 9.50 Å². The van der Waals surface area contributed by atoms with E-state index in [2.05, 4.69) is 15.9 Å². The van der Waals surface area contributed by atoms with Gasteiger partial charge in [-0.3, -0.25) is 0 Å². The molecule has 0 bridgehead atoms. The predicted molar refractivity (Wildman–Crippen MR) is 79.6 cm³/mol. The van der Waals surface area contributed by atoms with E-state index in [9.17, 15) is 9.50 Å². The minimum Gasteiger partial charge on any atom is -0.393 e. The van der Waals surface area contributed by atoms with Gasteiger partial charge in [0, 0.05) is 4.47 Å². The lowest BCUT2D eigenvalue weighted by molar-refractivity contribution is 0.137. The number of rotatable bonds is 4. The van der Waals surface area contributed by atoms with E-state index < -0.39 is 0 Å². The Labute approximate surface area is 123 Å². The van der Waals surface area contributed by atoms with Crippen molar-refractivity contribution in [1.29, 1.82) is 0 Å². The Morgan fingerprint density at radius 2 is 1.84 bits per heavy atom. The van der Waals surface area contributed by atoms with Crippen LogP contribution in [0.2, 0.25) is 0 Å². The fraction of sp³-hybridized carbons (Fsp3) is 0.625. The molecule has 1 N–H and O–H groups in total. The normalized spacial score (nSPS) is 19.1. The quantitative estimate of drug-likeness (QED) is 0.783. The summed E-state index contributed by atoms with van der Waals surface area (Å²) in [5.74, 6) is 0.403. The summed E-state index contributed by atoms with van der Waals surface area (Å²) >= 11 is 3.29. The van der Waals surface area contributed by atoms with Gasteiger partial charge in [-0.2, -0.15) is 0 Å². The van der Waals surface area contributed by atoms with Crippen LogP contribution in [-0.4, -0.2) is 11.2 Å². The molecule has 0 aliphatic heterocycles. The molecular weight excluding hydrogens is 307 g/mol. The summed E-state index contributed by atoms with van der Waals surface area (Å²) in [4.78, 5) is 0. The van der Waals surface area contributed by atoms with Crippen LogP contribution in [0.3, 0.4) is 0 Å². The van der Waals surface area contributed by atoms with Gasteiger partial charge < -0.3 is 5.11 Å². The predicted octanol–water partition coefficient (Wildman–Crippen LogP) is 4.85. The van der Waals surface area contributed by atoms with Gasteiger partial charge in [-0.05, 0) is 42.5 Å². The van der Waals surface area contributed by atoms with Crippen LogP contribution in [0.15, 0.2) is 22.7 Å². The van der Waals surface area contributed by atoms with Gasteiger partial charge in [0.15, 0.2) is 0 Å². The molecule has 0 aromatic heterocycles. The Bertz CT molecular complexity index is 379. The Balaban J connectivity index is 1.87. The third-order valence-electron chi connectivity index (χ3n) is 3.97. The molecule has 1 nitrogen and oxygen atoms in total. The second kappa shape index (κ2) is 7.39. The Morgan fingerprint density at radius 3 is 2.47 bits per heavy atom. The van der Waals surface area contributed by atoms with E-state index in [-0.39, 0.29) is 11.9 Å². The lowest BCUT2D eigenvalue weighted by atomic mass is 9.91. The Hall–Kier alpha value is -0.410. The number of hydrogen-bond acceptors (Lipinski definition) is 1. The van der Waals surface area contributed by atoms with Gasteiger partial charge in [0.1, 0.15) is 5.82 Å². The highest BCUT2D eigenvalue weighted by Crippen LogP contribution is 2.27. The van der Waals surface area contributed by atoms with Crippen LogP contribution in [0.5, 0.6) is 0 Å². The lowest BCUT2D eigenvalue weighted by Gasteiger charge is -2.18. The van der Waals surface area contributed by atoms with E-state index >= 15 is 0 Å². The van der Waals surface area contributed by atoms with E-state index in [0.29, 0.717) is 12.3 Å². The van der Waals surface area contributed by atoms with Crippen molar-refractivity contribution in [3.8, 4) is 0 Å². The van der Waals surface area contributed by atoms with Crippen LogP contribution in [0, 0.1) is 11.7 Å². The third kappa shape index (κ3) is 5.23. The first kappa shape index (κ1) is 15.0. The number of halogens is 2. The minimum absolute atomic E-state index is 0.244. The van der Waals surface area contributed by atoms with Crippen molar-refractivity contribution >= 4 is 15.9 Å². The summed E-state index contributed by atoms with van der Waals surface area (Å²) in [6, 6.07) is 4.85. The molecule has 1 aliphatic carbocycles. The second-order valence-corrected chi connectivity index (χ2v) is 6.64.